The molecule has 0 aliphatic heterocycles. The van der Waals surface area contributed by atoms with Crippen LogP contribution in [0.3, 0.4) is 0 Å². The summed E-state index contributed by atoms with van der Waals surface area (Å²) in [5, 5.41) is 47.5. The average Bonchev–Trinajstić information content (AvgIpc) is 3.50. The molecular formula is C63H73BrMgN12O6. The number of hydrogen-bond donors (Lipinski definition) is 2. The maximum Gasteiger partial charge on any atom is 2.00 e. The first-order valence-corrected chi connectivity index (χ1v) is 25.7. The normalized spacial score (nSPS) is 11.5. The average molecular weight is 1200 g/mol. The molecule has 0 saturated carbocycles. The zero-order valence-electron chi connectivity index (χ0n) is 49.1. The minimum Gasteiger partial charge on any atom is -1.00 e. The van der Waals surface area contributed by atoms with Gasteiger partial charge >= 0.3 is 40.1 Å². The first-order valence-electron chi connectivity index (χ1n) is 25.7. The number of aromatic nitrogens is 9. The maximum absolute atomic E-state index is 12.7. The van der Waals surface area contributed by atoms with Crippen LogP contribution in [-0.2, 0) is 47.4 Å². The number of rotatable bonds is 9. The molecule has 83 heavy (non-hydrogen) atoms. The molecule has 9 rings (SSSR count). The third kappa shape index (κ3) is 15.3. The van der Waals surface area contributed by atoms with Crippen LogP contribution in [0, 0.1) is 57.7 Å². The molecule has 3 aromatic carbocycles. The van der Waals surface area contributed by atoms with Gasteiger partial charge in [0.25, 0.3) is 0 Å². The fourth-order valence-corrected chi connectivity index (χ4v) is 9.23. The summed E-state index contributed by atoms with van der Waals surface area (Å²) in [5.41, 5.74) is 10.4. The van der Waals surface area contributed by atoms with E-state index in [-0.39, 0.29) is 94.8 Å². The van der Waals surface area contributed by atoms with Crippen molar-refractivity contribution >= 4 is 62.8 Å². The summed E-state index contributed by atoms with van der Waals surface area (Å²) in [6.45, 7) is 22.0. The van der Waals surface area contributed by atoms with Gasteiger partial charge in [-0.1, -0.05) is 87.9 Å². The first kappa shape index (κ1) is 69.5. The molecule has 0 aliphatic rings. The van der Waals surface area contributed by atoms with Crippen LogP contribution in [0.4, 0.5) is 0 Å². The molecule has 6 heterocycles. The van der Waals surface area contributed by atoms with Crippen LogP contribution in [-0.4, -0.2) is 81.9 Å². The second-order valence-electron chi connectivity index (χ2n) is 23.4. The Morgan fingerprint density at radius 2 is 0.867 bits per heavy atom. The van der Waals surface area contributed by atoms with Crippen molar-refractivity contribution in [2.45, 2.75) is 109 Å². The van der Waals surface area contributed by atoms with Gasteiger partial charge in [-0.3, -0.25) is 32.2 Å². The van der Waals surface area contributed by atoms with E-state index in [9.17, 15) is 45.2 Å². The SMILES string of the molecule is C.CC(O)c1ccc(C#N)c(-c2ccc3c(n2)n(C)c(=O)n3CC(C)(C)C)c1.Cn1c(=O)n(CC(C)(C)C)c2ccc(-c3cc(C=O)ccc3C#N)nc21.Cn1c(=O)n(CC(C)(C)C)c2ccc(-c3cc(CO)ccc3C#N)nc21.[Br-].[CH3-].[Mg+2]. The number of aliphatic hydroxyl groups is 2. The van der Waals surface area contributed by atoms with Gasteiger partial charge in [-0.15, -0.1) is 0 Å². The van der Waals surface area contributed by atoms with Gasteiger partial charge in [-0.05, 0) is 107 Å². The summed E-state index contributed by atoms with van der Waals surface area (Å²) in [7, 11) is 5.10. The molecular weight excluding hydrogens is 1120 g/mol. The molecule has 20 heteroatoms. The first-order chi connectivity index (χ1) is 37.1. The Morgan fingerprint density at radius 3 is 1.18 bits per heavy atom. The Balaban J connectivity index is 0.000000319. The van der Waals surface area contributed by atoms with Crippen LogP contribution in [0.2, 0.25) is 0 Å². The third-order valence-corrected chi connectivity index (χ3v) is 13.0. The molecule has 0 spiro atoms. The molecule has 1 atom stereocenters. The van der Waals surface area contributed by atoms with Crippen molar-refractivity contribution in [2.75, 3.05) is 0 Å². The van der Waals surface area contributed by atoms with Gasteiger partial charge in [0.05, 0.1) is 81.2 Å². The number of carbonyl (C=O) groups is 1. The van der Waals surface area contributed by atoms with Gasteiger partial charge in [0.15, 0.2) is 16.9 Å². The Morgan fingerprint density at radius 1 is 0.542 bits per heavy atom. The van der Waals surface area contributed by atoms with E-state index in [2.05, 4.69) is 95.5 Å². The van der Waals surface area contributed by atoms with Crippen molar-refractivity contribution in [1.82, 2.24) is 42.4 Å². The fourth-order valence-electron chi connectivity index (χ4n) is 9.23. The van der Waals surface area contributed by atoms with Crippen molar-refractivity contribution in [3.63, 3.8) is 0 Å². The van der Waals surface area contributed by atoms with Crippen molar-refractivity contribution < 1.29 is 32.0 Å². The topological polar surface area (TPSA) is 248 Å². The number of nitrogens with zero attached hydrogens (tertiary/aromatic N) is 12. The second kappa shape index (κ2) is 27.5. The number of fused-ring (bicyclic) bond motifs is 3. The Bertz CT molecular complexity index is 4160. The molecule has 0 fully saturated rings. The summed E-state index contributed by atoms with van der Waals surface area (Å²) in [6.07, 6.45) is 0.0936. The number of halogens is 1. The van der Waals surface area contributed by atoms with Crippen molar-refractivity contribution in [3.8, 4) is 52.0 Å². The van der Waals surface area contributed by atoms with Crippen molar-refractivity contribution in [3.05, 3.63) is 163 Å². The number of imidazole rings is 3. The number of aryl methyl sites for hydroxylation is 3. The molecule has 0 saturated heterocycles. The number of carbonyl (C=O) groups excluding carboxylic acids is 1. The van der Waals surface area contributed by atoms with Crippen LogP contribution in [0.25, 0.3) is 67.3 Å². The van der Waals surface area contributed by atoms with E-state index >= 15 is 0 Å². The smallest absolute Gasteiger partial charge is 1.00 e. The molecule has 6 aromatic heterocycles. The van der Waals surface area contributed by atoms with Crippen LogP contribution in [0.15, 0.2) is 105 Å². The summed E-state index contributed by atoms with van der Waals surface area (Å²) >= 11 is 0. The van der Waals surface area contributed by atoms with Crippen molar-refractivity contribution in [2.24, 2.45) is 37.4 Å². The summed E-state index contributed by atoms with van der Waals surface area (Å²) < 4.78 is 9.78. The van der Waals surface area contributed by atoms with Crippen LogP contribution >= 0.6 is 0 Å². The number of benzene rings is 3. The predicted octanol–water partition coefficient (Wildman–Crippen LogP) is 7.03. The van der Waals surface area contributed by atoms with E-state index < -0.39 is 6.10 Å². The van der Waals surface area contributed by atoms with Gasteiger partial charge in [-0.2, -0.15) is 15.8 Å². The van der Waals surface area contributed by atoms with E-state index in [0.717, 1.165) is 22.8 Å². The number of aldehydes is 1. The molecule has 9 aromatic rings. The molecule has 2 N–H and O–H groups in total. The monoisotopic (exact) mass is 1200 g/mol. The summed E-state index contributed by atoms with van der Waals surface area (Å²) in [4.78, 5) is 63.0. The number of hydrogen-bond acceptors (Lipinski definition) is 12. The largest absolute Gasteiger partial charge is 2.00 e. The predicted molar refractivity (Wildman–Crippen MR) is 325 cm³/mol. The molecule has 430 valence electrons. The Hall–Kier alpha value is -7.77. The number of aliphatic hydroxyl groups excluding tert-OH is 2. The molecule has 1 unspecified atom stereocenters. The van der Waals surface area contributed by atoms with Crippen LogP contribution in [0.1, 0.15) is 121 Å². The van der Waals surface area contributed by atoms with Gasteiger partial charge in [0.2, 0.25) is 0 Å². The van der Waals surface area contributed by atoms with E-state index in [4.69, 9.17) is 0 Å². The standard InChI is InChI=1S/C21H24N4O2.C20H22N4O2.C20H20N4O2.CH4.CH3.BrH.Mg/c1-13(26)14-6-7-15(11-22)16(10-14)17-8-9-18-19(23-17)24(5)20(27)25(18)12-21(2,3)4;2*1-20(2,3)12-24-17-8-7-16(22-18(17)23(4)19(24)26)15-9-13(11-25)5-6-14(15)10-21;;;;/h6-10,13,26H,12H2,1-5H3;5-9,25H,11-12H2,1-4H3;5-9,11H,12H2,1-4H3;1H4;1H3;1H;/q;;;;-1;;+2/p-1. The van der Waals surface area contributed by atoms with E-state index in [1.807, 2.05) is 30.3 Å². The van der Waals surface area contributed by atoms with E-state index in [1.54, 1.807) is 102 Å². The molecule has 18 nitrogen and oxygen atoms in total. The Labute approximate surface area is 511 Å². The zero-order valence-corrected chi connectivity index (χ0v) is 52.1. The van der Waals surface area contributed by atoms with Crippen LogP contribution in [0.5, 0.6) is 0 Å². The molecule has 0 bridgehead atoms. The van der Waals surface area contributed by atoms with E-state index in [0.29, 0.717) is 104 Å². The fraction of sp³-hybridized carbons (Fsp3) is 0.349. The molecule has 0 aliphatic carbocycles. The number of nitriles is 3. The van der Waals surface area contributed by atoms with E-state index in [1.165, 1.54) is 13.7 Å². The van der Waals surface area contributed by atoms with Gasteiger partial charge in [-0.25, -0.2) is 29.3 Å². The summed E-state index contributed by atoms with van der Waals surface area (Å²) in [5.74, 6) is 0. The van der Waals surface area contributed by atoms with Gasteiger partial charge < -0.3 is 34.6 Å². The molecule has 0 radical (unpaired) electrons. The number of pyridine rings is 3. The van der Waals surface area contributed by atoms with Crippen LogP contribution < -0.4 is 34.1 Å². The third-order valence-electron chi connectivity index (χ3n) is 13.0. The zero-order chi connectivity index (χ0) is 58.1. The second-order valence-corrected chi connectivity index (χ2v) is 23.4. The molecule has 0 amide bonds. The Kier molecular flexibility index (Phi) is 23.1. The minimum absolute atomic E-state index is 0. The quantitative estimate of drug-likeness (QED) is 0.0840. The van der Waals surface area contributed by atoms with Gasteiger partial charge in [0, 0.05) is 63.0 Å². The summed E-state index contributed by atoms with van der Waals surface area (Å²) in [6, 6.07) is 32.7. The maximum atomic E-state index is 12.7. The minimum atomic E-state index is -0.641. The van der Waals surface area contributed by atoms with Gasteiger partial charge in [0.1, 0.15) is 6.29 Å². The van der Waals surface area contributed by atoms with Crippen molar-refractivity contribution in [1.29, 1.82) is 15.8 Å².